The van der Waals surface area contributed by atoms with Crippen LogP contribution in [0.5, 0.6) is 0 Å². The lowest BCUT2D eigenvalue weighted by molar-refractivity contribution is 0.236. The van der Waals surface area contributed by atoms with Gasteiger partial charge < -0.3 is 10.6 Å². The second-order valence-corrected chi connectivity index (χ2v) is 6.16. The molecular formula is C17H18FN3O. The van der Waals surface area contributed by atoms with Gasteiger partial charge in [-0.05, 0) is 48.6 Å². The summed E-state index contributed by atoms with van der Waals surface area (Å²) in [5.74, 6) is -0.275. The third-order valence-electron chi connectivity index (χ3n) is 4.69. The molecule has 5 heteroatoms. The average molecular weight is 299 g/mol. The zero-order valence-corrected chi connectivity index (χ0v) is 12.1. The lowest BCUT2D eigenvalue weighted by Gasteiger charge is -2.21. The first-order valence-corrected chi connectivity index (χ1v) is 7.70. The highest BCUT2D eigenvalue weighted by molar-refractivity contribution is 5.79. The second kappa shape index (κ2) is 5.25. The van der Waals surface area contributed by atoms with Crippen molar-refractivity contribution in [1.29, 1.82) is 0 Å². The van der Waals surface area contributed by atoms with Gasteiger partial charge in [0.05, 0.1) is 0 Å². The number of fused-ring (bicyclic) bond motifs is 2. The normalized spacial score (nSPS) is 26.3. The Labute approximate surface area is 128 Å². The van der Waals surface area contributed by atoms with Gasteiger partial charge in [-0.25, -0.2) is 9.18 Å². The molecule has 2 aliphatic rings. The Bertz CT molecular complexity index is 711. The Kier molecular flexibility index (Phi) is 3.22. The molecule has 3 heterocycles. The minimum absolute atomic E-state index is 0.123. The Morgan fingerprint density at radius 3 is 2.91 bits per heavy atom. The van der Waals surface area contributed by atoms with E-state index in [1.165, 1.54) is 23.1 Å². The number of rotatable bonds is 2. The van der Waals surface area contributed by atoms with Gasteiger partial charge >= 0.3 is 6.03 Å². The predicted octanol–water partition coefficient (Wildman–Crippen LogP) is 2.74. The molecule has 2 aromatic rings. The number of nitrogens with zero attached hydrogens (tertiary/aromatic N) is 1. The Balaban J connectivity index is 1.48. The van der Waals surface area contributed by atoms with Crippen molar-refractivity contribution < 1.29 is 9.18 Å². The molecule has 2 saturated heterocycles. The summed E-state index contributed by atoms with van der Waals surface area (Å²) in [4.78, 5) is 12.3. The van der Waals surface area contributed by atoms with E-state index in [-0.39, 0.29) is 17.9 Å². The van der Waals surface area contributed by atoms with E-state index in [0.29, 0.717) is 12.1 Å². The van der Waals surface area contributed by atoms with Crippen molar-refractivity contribution in [3.63, 3.8) is 0 Å². The number of carbonyl (C=O) groups is 1. The number of hydrogen-bond acceptors (Lipinski definition) is 2. The van der Waals surface area contributed by atoms with Gasteiger partial charge in [0.25, 0.3) is 0 Å². The van der Waals surface area contributed by atoms with Crippen LogP contribution in [0.25, 0.3) is 11.1 Å². The number of halogens is 1. The molecule has 2 bridgehead atoms. The van der Waals surface area contributed by atoms with Crippen LogP contribution in [-0.2, 0) is 0 Å². The van der Waals surface area contributed by atoms with Crippen LogP contribution in [0.2, 0.25) is 0 Å². The first kappa shape index (κ1) is 13.5. The predicted molar refractivity (Wildman–Crippen MR) is 82.1 cm³/mol. The van der Waals surface area contributed by atoms with Crippen molar-refractivity contribution in [2.75, 3.05) is 0 Å². The number of carbonyl (C=O) groups excluding carboxylic acids is 1. The molecule has 0 spiro atoms. The van der Waals surface area contributed by atoms with Crippen molar-refractivity contribution in [3.05, 3.63) is 48.5 Å². The third-order valence-corrected chi connectivity index (χ3v) is 4.69. The molecule has 1 aromatic carbocycles. The summed E-state index contributed by atoms with van der Waals surface area (Å²) in [7, 11) is 0. The Morgan fingerprint density at radius 2 is 2.18 bits per heavy atom. The van der Waals surface area contributed by atoms with E-state index in [4.69, 9.17) is 0 Å². The van der Waals surface area contributed by atoms with Gasteiger partial charge in [0.2, 0.25) is 0 Å². The molecule has 1 aromatic heterocycles. The second-order valence-electron chi connectivity index (χ2n) is 6.16. The monoisotopic (exact) mass is 299 g/mol. The molecule has 2 N–H and O–H groups in total. The minimum Gasteiger partial charge on any atom is -0.333 e. The first-order valence-electron chi connectivity index (χ1n) is 7.70. The topological polar surface area (TPSA) is 46.1 Å². The molecule has 0 aliphatic carbocycles. The van der Waals surface area contributed by atoms with E-state index >= 15 is 0 Å². The van der Waals surface area contributed by atoms with E-state index in [2.05, 4.69) is 10.6 Å². The van der Waals surface area contributed by atoms with Crippen LogP contribution < -0.4 is 10.6 Å². The zero-order chi connectivity index (χ0) is 15.1. The highest BCUT2D eigenvalue weighted by Crippen LogP contribution is 2.28. The number of benzene rings is 1. The molecule has 4 nitrogen and oxygen atoms in total. The molecule has 4 rings (SSSR count). The van der Waals surface area contributed by atoms with Gasteiger partial charge in [0.15, 0.2) is 0 Å². The number of aromatic nitrogens is 1. The SMILES string of the molecule is O=C(NC1CC2CCC1N2)n1ccc(-c2cccc(F)c2)c1. The van der Waals surface area contributed by atoms with Gasteiger partial charge in [-0.3, -0.25) is 4.57 Å². The van der Waals surface area contributed by atoms with Crippen molar-refractivity contribution in [3.8, 4) is 11.1 Å². The molecule has 0 saturated carbocycles. The summed E-state index contributed by atoms with van der Waals surface area (Å²) in [6.45, 7) is 0. The van der Waals surface area contributed by atoms with E-state index in [9.17, 15) is 9.18 Å². The minimum atomic E-state index is -0.275. The van der Waals surface area contributed by atoms with E-state index in [1.54, 1.807) is 18.5 Å². The highest BCUT2D eigenvalue weighted by Gasteiger charge is 2.39. The fourth-order valence-electron chi connectivity index (χ4n) is 3.58. The van der Waals surface area contributed by atoms with Crippen molar-refractivity contribution in [2.45, 2.75) is 37.4 Å². The third kappa shape index (κ3) is 2.41. The van der Waals surface area contributed by atoms with Crippen LogP contribution in [0, 0.1) is 5.82 Å². The van der Waals surface area contributed by atoms with Crippen molar-refractivity contribution in [1.82, 2.24) is 15.2 Å². The number of hydrogen-bond donors (Lipinski definition) is 2. The van der Waals surface area contributed by atoms with Crippen LogP contribution in [0.3, 0.4) is 0 Å². The Morgan fingerprint density at radius 1 is 1.27 bits per heavy atom. The number of nitrogens with one attached hydrogen (secondary N) is 2. The van der Waals surface area contributed by atoms with Gasteiger partial charge in [-0.1, -0.05) is 12.1 Å². The lowest BCUT2D eigenvalue weighted by Crippen LogP contribution is -2.44. The fourth-order valence-corrected chi connectivity index (χ4v) is 3.58. The van der Waals surface area contributed by atoms with Crippen molar-refractivity contribution in [2.24, 2.45) is 0 Å². The summed E-state index contributed by atoms with van der Waals surface area (Å²) >= 11 is 0. The molecule has 0 radical (unpaired) electrons. The maximum absolute atomic E-state index is 13.3. The van der Waals surface area contributed by atoms with Crippen LogP contribution in [0.4, 0.5) is 9.18 Å². The molecule has 3 unspecified atom stereocenters. The fraction of sp³-hybridized carbons (Fsp3) is 0.353. The van der Waals surface area contributed by atoms with Gasteiger partial charge in [-0.15, -0.1) is 0 Å². The average Bonchev–Trinajstić information content (AvgIpc) is 3.23. The zero-order valence-electron chi connectivity index (χ0n) is 12.1. The maximum Gasteiger partial charge on any atom is 0.325 e. The quantitative estimate of drug-likeness (QED) is 0.895. The standard InChI is InChI=1S/C17H18FN3O/c18-13-3-1-2-11(8-13)12-6-7-21(10-12)17(22)20-16-9-14-4-5-15(16)19-14/h1-3,6-8,10,14-16,19H,4-5,9H2,(H,20,22). The molecular weight excluding hydrogens is 281 g/mol. The van der Waals surface area contributed by atoms with E-state index < -0.39 is 0 Å². The van der Waals surface area contributed by atoms with Crippen LogP contribution in [0.15, 0.2) is 42.7 Å². The molecule has 1 amide bonds. The summed E-state index contributed by atoms with van der Waals surface area (Å²) in [5.41, 5.74) is 1.61. The lowest BCUT2D eigenvalue weighted by atomic mass is 9.96. The maximum atomic E-state index is 13.3. The van der Waals surface area contributed by atoms with Crippen molar-refractivity contribution >= 4 is 6.03 Å². The highest BCUT2D eigenvalue weighted by atomic mass is 19.1. The first-order chi connectivity index (χ1) is 10.7. The van der Waals surface area contributed by atoms with Gasteiger partial charge in [-0.2, -0.15) is 0 Å². The molecule has 2 fully saturated rings. The summed E-state index contributed by atoms with van der Waals surface area (Å²) in [6.07, 6.45) is 6.81. The number of amides is 1. The van der Waals surface area contributed by atoms with Gasteiger partial charge in [0.1, 0.15) is 5.82 Å². The van der Waals surface area contributed by atoms with E-state index in [1.807, 2.05) is 12.1 Å². The molecule has 114 valence electrons. The largest absolute Gasteiger partial charge is 0.333 e. The summed E-state index contributed by atoms with van der Waals surface area (Å²) < 4.78 is 14.8. The molecule has 3 atom stereocenters. The summed E-state index contributed by atoms with van der Waals surface area (Å²) in [6, 6.07) is 9.27. The van der Waals surface area contributed by atoms with Crippen LogP contribution >= 0.6 is 0 Å². The molecule has 2 aliphatic heterocycles. The van der Waals surface area contributed by atoms with Crippen LogP contribution in [0.1, 0.15) is 19.3 Å². The Hall–Kier alpha value is -2.14. The van der Waals surface area contributed by atoms with E-state index in [0.717, 1.165) is 24.0 Å². The summed E-state index contributed by atoms with van der Waals surface area (Å²) in [5, 5.41) is 6.60. The van der Waals surface area contributed by atoms with Crippen LogP contribution in [-0.4, -0.2) is 28.7 Å². The molecule has 22 heavy (non-hydrogen) atoms. The van der Waals surface area contributed by atoms with Gasteiger partial charge in [0, 0.05) is 30.5 Å². The smallest absolute Gasteiger partial charge is 0.325 e.